The predicted molar refractivity (Wildman–Crippen MR) is 75.0 cm³/mol. The van der Waals surface area contributed by atoms with Gasteiger partial charge in [-0.1, -0.05) is 5.21 Å². The summed E-state index contributed by atoms with van der Waals surface area (Å²) in [5.74, 6) is -0.293. The van der Waals surface area contributed by atoms with E-state index in [4.69, 9.17) is 4.74 Å². The van der Waals surface area contributed by atoms with Gasteiger partial charge in [-0.15, -0.1) is 5.10 Å². The Kier molecular flexibility index (Phi) is 4.86. The summed E-state index contributed by atoms with van der Waals surface area (Å²) in [4.78, 5) is 11.3. The lowest BCUT2D eigenvalue weighted by Gasteiger charge is -2.12. The first-order chi connectivity index (χ1) is 10.1. The Balaban J connectivity index is 1.96. The van der Waals surface area contributed by atoms with Gasteiger partial charge in [0.05, 0.1) is 19.3 Å². The lowest BCUT2D eigenvalue weighted by atomic mass is 10.2. The average Bonchev–Trinajstić information content (AvgIpc) is 2.88. The first kappa shape index (κ1) is 15.0. The molecule has 0 aliphatic heterocycles. The number of hydrogen-bond acceptors (Lipinski definition) is 4. The van der Waals surface area contributed by atoms with Crippen LogP contribution in [0, 0.1) is 5.82 Å². The maximum absolute atomic E-state index is 12.9. The number of carbonyl (C=O) groups is 1. The highest BCUT2D eigenvalue weighted by atomic mass is 19.1. The predicted octanol–water partition coefficient (Wildman–Crippen LogP) is 2.22. The van der Waals surface area contributed by atoms with E-state index in [0.29, 0.717) is 18.8 Å². The van der Waals surface area contributed by atoms with E-state index < -0.39 is 6.09 Å². The van der Waals surface area contributed by atoms with Gasteiger partial charge < -0.3 is 10.1 Å². The van der Waals surface area contributed by atoms with Crippen LogP contribution in [0.1, 0.15) is 13.8 Å². The summed E-state index contributed by atoms with van der Waals surface area (Å²) >= 11 is 0. The van der Waals surface area contributed by atoms with Gasteiger partial charge in [-0.05, 0) is 38.1 Å². The van der Waals surface area contributed by atoms with Crippen molar-refractivity contribution in [3.05, 3.63) is 36.3 Å². The summed E-state index contributed by atoms with van der Waals surface area (Å²) < 4.78 is 19.3. The number of hydrogen-bond donors (Lipinski definition) is 1. The molecule has 0 radical (unpaired) electrons. The van der Waals surface area contributed by atoms with Gasteiger partial charge in [-0.2, -0.15) is 0 Å². The van der Waals surface area contributed by atoms with Crippen LogP contribution in [0.4, 0.5) is 9.18 Å². The summed E-state index contributed by atoms with van der Waals surface area (Å²) in [6, 6.07) is 5.89. The SMILES string of the molecule is CCOC(=O)N[C@@H](C)Cn1cc(-c2ccc(F)cc2)nn1. The fraction of sp³-hybridized carbons (Fsp3) is 0.357. The number of aromatic nitrogens is 3. The van der Waals surface area contributed by atoms with Crippen LogP contribution in [0.3, 0.4) is 0 Å². The molecule has 0 spiro atoms. The Bertz CT molecular complexity index is 597. The third kappa shape index (κ3) is 4.27. The van der Waals surface area contributed by atoms with Crippen molar-refractivity contribution in [1.29, 1.82) is 0 Å². The van der Waals surface area contributed by atoms with E-state index in [9.17, 15) is 9.18 Å². The normalized spacial score (nSPS) is 12.0. The van der Waals surface area contributed by atoms with Crippen molar-refractivity contribution in [3.8, 4) is 11.3 Å². The summed E-state index contributed by atoms with van der Waals surface area (Å²) in [5.41, 5.74) is 1.44. The van der Waals surface area contributed by atoms with Crippen LogP contribution < -0.4 is 5.32 Å². The molecule has 1 amide bonds. The Morgan fingerprint density at radius 1 is 1.43 bits per heavy atom. The molecule has 0 aliphatic rings. The quantitative estimate of drug-likeness (QED) is 0.917. The molecule has 7 heteroatoms. The number of ether oxygens (including phenoxy) is 1. The van der Waals surface area contributed by atoms with E-state index in [0.717, 1.165) is 5.56 Å². The van der Waals surface area contributed by atoms with E-state index in [1.807, 2.05) is 6.92 Å². The van der Waals surface area contributed by atoms with E-state index in [-0.39, 0.29) is 11.9 Å². The molecule has 1 heterocycles. The number of carbonyl (C=O) groups excluding carboxylic acids is 1. The van der Waals surface area contributed by atoms with Gasteiger partial charge in [-0.25, -0.2) is 13.9 Å². The second-order valence-electron chi connectivity index (χ2n) is 4.60. The van der Waals surface area contributed by atoms with Gasteiger partial charge in [0, 0.05) is 11.6 Å². The molecule has 2 rings (SSSR count). The number of nitrogens with zero attached hydrogens (tertiary/aromatic N) is 3. The fourth-order valence-electron chi connectivity index (χ4n) is 1.84. The number of amides is 1. The number of alkyl carbamates (subject to hydrolysis) is 1. The second kappa shape index (κ2) is 6.83. The zero-order chi connectivity index (χ0) is 15.2. The molecule has 0 bridgehead atoms. The van der Waals surface area contributed by atoms with E-state index >= 15 is 0 Å². The van der Waals surface area contributed by atoms with E-state index in [1.165, 1.54) is 12.1 Å². The van der Waals surface area contributed by atoms with Gasteiger partial charge in [0.15, 0.2) is 0 Å². The number of nitrogens with one attached hydrogen (secondary N) is 1. The summed E-state index contributed by atoms with van der Waals surface area (Å²) in [7, 11) is 0. The molecule has 0 aliphatic carbocycles. The van der Waals surface area contributed by atoms with Gasteiger partial charge in [-0.3, -0.25) is 0 Å². The van der Waals surface area contributed by atoms with Crippen LogP contribution in [-0.4, -0.2) is 33.7 Å². The van der Waals surface area contributed by atoms with E-state index in [2.05, 4.69) is 15.6 Å². The highest BCUT2D eigenvalue weighted by molar-refractivity contribution is 5.67. The van der Waals surface area contributed by atoms with Gasteiger partial charge in [0.2, 0.25) is 0 Å². The van der Waals surface area contributed by atoms with Crippen molar-refractivity contribution >= 4 is 6.09 Å². The van der Waals surface area contributed by atoms with Crippen LogP contribution in [0.15, 0.2) is 30.5 Å². The smallest absolute Gasteiger partial charge is 0.407 e. The monoisotopic (exact) mass is 292 g/mol. The van der Waals surface area contributed by atoms with Gasteiger partial charge in [0.1, 0.15) is 11.5 Å². The van der Waals surface area contributed by atoms with Crippen molar-refractivity contribution in [1.82, 2.24) is 20.3 Å². The minimum Gasteiger partial charge on any atom is -0.450 e. The van der Waals surface area contributed by atoms with Crippen LogP contribution in [0.25, 0.3) is 11.3 Å². The van der Waals surface area contributed by atoms with Crippen molar-refractivity contribution in [3.63, 3.8) is 0 Å². The Morgan fingerprint density at radius 2 is 2.14 bits per heavy atom. The molecule has 2 aromatic rings. The van der Waals surface area contributed by atoms with Crippen molar-refractivity contribution in [2.75, 3.05) is 6.61 Å². The molecule has 6 nitrogen and oxygen atoms in total. The average molecular weight is 292 g/mol. The molecular formula is C14H17FN4O2. The lowest BCUT2D eigenvalue weighted by molar-refractivity contribution is 0.147. The molecule has 21 heavy (non-hydrogen) atoms. The molecule has 1 atom stereocenters. The van der Waals surface area contributed by atoms with Crippen molar-refractivity contribution in [2.45, 2.75) is 26.4 Å². The Labute approximate surface area is 121 Å². The molecule has 0 fully saturated rings. The fourth-order valence-corrected chi connectivity index (χ4v) is 1.84. The Morgan fingerprint density at radius 3 is 2.81 bits per heavy atom. The first-order valence-corrected chi connectivity index (χ1v) is 6.68. The largest absolute Gasteiger partial charge is 0.450 e. The number of benzene rings is 1. The maximum Gasteiger partial charge on any atom is 0.407 e. The molecule has 1 aromatic carbocycles. The zero-order valence-electron chi connectivity index (χ0n) is 11.9. The van der Waals surface area contributed by atoms with Crippen LogP contribution >= 0.6 is 0 Å². The number of rotatable bonds is 5. The highest BCUT2D eigenvalue weighted by Gasteiger charge is 2.10. The van der Waals surface area contributed by atoms with Gasteiger partial charge in [0.25, 0.3) is 0 Å². The topological polar surface area (TPSA) is 69.0 Å². The number of halogens is 1. The second-order valence-corrected chi connectivity index (χ2v) is 4.60. The molecule has 112 valence electrons. The van der Waals surface area contributed by atoms with Crippen LogP contribution in [-0.2, 0) is 11.3 Å². The lowest BCUT2D eigenvalue weighted by Crippen LogP contribution is -2.36. The molecule has 1 N–H and O–H groups in total. The van der Waals surface area contributed by atoms with Crippen LogP contribution in [0.5, 0.6) is 0 Å². The van der Waals surface area contributed by atoms with E-state index in [1.54, 1.807) is 29.9 Å². The molecule has 0 saturated carbocycles. The third-order valence-corrected chi connectivity index (χ3v) is 2.78. The molecular weight excluding hydrogens is 275 g/mol. The molecule has 1 aromatic heterocycles. The first-order valence-electron chi connectivity index (χ1n) is 6.68. The summed E-state index contributed by atoms with van der Waals surface area (Å²) in [6.07, 6.45) is 1.29. The third-order valence-electron chi connectivity index (χ3n) is 2.78. The van der Waals surface area contributed by atoms with Gasteiger partial charge >= 0.3 is 6.09 Å². The Hall–Kier alpha value is -2.44. The van der Waals surface area contributed by atoms with Crippen LogP contribution in [0.2, 0.25) is 0 Å². The minimum atomic E-state index is -0.455. The minimum absolute atomic E-state index is 0.146. The maximum atomic E-state index is 12.9. The standard InChI is InChI=1S/C14H17FN4O2/c1-3-21-14(20)16-10(2)8-19-9-13(17-18-19)11-4-6-12(15)7-5-11/h4-7,9-10H,3,8H2,1-2H3,(H,16,20)/t10-/m0/s1. The summed E-state index contributed by atoms with van der Waals surface area (Å²) in [5, 5.41) is 10.7. The van der Waals surface area contributed by atoms with Crippen molar-refractivity contribution in [2.24, 2.45) is 0 Å². The highest BCUT2D eigenvalue weighted by Crippen LogP contribution is 2.16. The zero-order valence-corrected chi connectivity index (χ0v) is 11.9. The summed E-state index contributed by atoms with van der Waals surface area (Å²) in [6.45, 7) is 4.39. The van der Waals surface area contributed by atoms with Crippen molar-refractivity contribution < 1.29 is 13.9 Å². The molecule has 0 saturated heterocycles. The molecule has 0 unspecified atom stereocenters.